The zero-order valence-electron chi connectivity index (χ0n) is 15.1. The van der Waals surface area contributed by atoms with Gasteiger partial charge in [-0.15, -0.1) is 35.9 Å². The van der Waals surface area contributed by atoms with E-state index in [2.05, 4.69) is 54.6 Å². The molecular weight excluding hydrogens is 533 g/mol. The minimum atomic E-state index is -1.37. The summed E-state index contributed by atoms with van der Waals surface area (Å²) in [7, 11) is 0. The van der Waals surface area contributed by atoms with Crippen LogP contribution in [0, 0.1) is 6.07 Å². The zero-order valence-corrected chi connectivity index (χ0v) is 17.5. The number of ketones is 1. The summed E-state index contributed by atoms with van der Waals surface area (Å²) in [6, 6.07) is 26.6. The van der Waals surface area contributed by atoms with Gasteiger partial charge in [-0.25, -0.2) is 0 Å². The summed E-state index contributed by atoms with van der Waals surface area (Å²) in [6.45, 7) is 1.26. The predicted molar refractivity (Wildman–Crippen MR) is 108 cm³/mol. The molecule has 0 amide bonds. The second-order valence-electron chi connectivity index (χ2n) is 5.93. The molecule has 1 heterocycles. The van der Waals surface area contributed by atoms with Crippen molar-refractivity contribution in [3.63, 3.8) is 0 Å². The summed E-state index contributed by atoms with van der Waals surface area (Å²) in [5, 5.41) is 11.4. The Kier molecular flexibility index (Phi) is 7.56. The van der Waals surface area contributed by atoms with Gasteiger partial charge in [-0.2, -0.15) is 4.39 Å². The largest absolute Gasteiger partial charge is 0.486 e. The smallest absolute Gasteiger partial charge is 0.319 e. The van der Waals surface area contributed by atoms with E-state index in [4.69, 9.17) is 14.9 Å². The quantitative estimate of drug-likeness (QED) is 0.113. The zero-order chi connectivity index (χ0) is 19.2. The molecule has 4 aromatic rings. The van der Waals surface area contributed by atoms with E-state index in [1.807, 2.05) is 24.3 Å². The normalized spacial score (nSPS) is 10.7. The minimum Gasteiger partial charge on any atom is -0.486 e. The van der Waals surface area contributed by atoms with Crippen LogP contribution in [0.2, 0.25) is 0 Å². The second-order valence-corrected chi connectivity index (χ2v) is 5.93. The summed E-state index contributed by atoms with van der Waals surface area (Å²) in [6.07, 6.45) is 0.611. The van der Waals surface area contributed by atoms with Gasteiger partial charge in [-0.1, -0.05) is 42.5 Å². The molecule has 143 valence electrons. The summed E-state index contributed by atoms with van der Waals surface area (Å²) < 4.78 is 11.2. The number of carbonyl (C=O) groups excluding carboxylic acids is 1. The molecule has 0 unspecified atom stereocenters. The van der Waals surface area contributed by atoms with Crippen molar-refractivity contribution in [2.24, 2.45) is 0 Å². The van der Waals surface area contributed by atoms with Gasteiger partial charge in [0.2, 0.25) is 0 Å². The minimum absolute atomic E-state index is 0. The molecule has 0 saturated heterocycles. The number of halogens is 1. The van der Waals surface area contributed by atoms with Crippen LogP contribution >= 0.6 is 0 Å². The first-order chi connectivity index (χ1) is 13.0. The topological polar surface area (TPSA) is 54.5 Å². The maximum absolute atomic E-state index is 11.2. The van der Waals surface area contributed by atoms with E-state index in [-0.39, 0.29) is 25.9 Å². The van der Waals surface area contributed by atoms with Crippen molar-refractivity contribution in [1.29, 1.82) is 0 Å². The molecule has 0 bridgehead atoms. The number of nitrogens with zero attached hydrogens (tertiary/aromatic N) is 1. The Hall–Kier alpha value is -2.88. The Bertz CT molecular complexity index is 1120. The van der Waals surface area contributed by atoms with Gasteiger partial charge in [0, 0.05) is 25.5 Å². The fourth-order valence-corrected chi connectivity index (χ4v) is 2.76. The Morgan fingerprint density at radius 2 is 1.75 bits per heavy atom. The molecule has 1 aromatic heterocycles. The van der Waals surface area contributed by atoms with E-state index in [1.165, 1.54) is 23.1 Å². The molecule has 0 fully saturated rings. The molecule has 3 aromatic carbocycles. The Morgan fingerprint density at radius 3 is 2.39 bits per heavy atom. The van der Waals surface area contributed by atoms with Gasteiger partial charge in [0.1, 0.15) is 6.08 Å². The number of pyridine rings is 1. The molecule has 0 atom stereocenters. The molecule has 0 aliphatic carbocycles. The Balaban J connectivity index is 0.000000306. The van der Waals surface area contributed by atoms with Gasteiger partial charge in [0.05, 0.1) is 12.4 Å². The van der Waals surface area contributed by atoms with Crippen LogP contribution in [0.1, 0.15) is 6.92 Å². The standard InChI is InChI=1S/C19H12N.C4H5FO2.Ir/c1-2-7-15(8-3-1)18-13-11-17-16-9-5-4-6-14(16)10-12-19(17)20-18;1-3(6)2-4(5)7;/h1-7,9-13H;2,7H,1H3;/q-1;;/p+1/b;4-2-;. The van der Waals surface area contributed by atoms with Crippen molar-refractivity contribution in [2.45, 2.75) is 6.92 Å². The number of rotatable bonds is 2. The van der Waals surface area contributed by atoms with Gasteiger partial charge in [-0.3, -0.25) is 9.78 Å². The molecule has 0 saturated carbocycles. The van der Waals surface area contributed by atoms with Gasteiger partial charge in [0.25, 0.3) is 6.01 Å². The van der Waals surface area contributed by atoms with Gasteiger partial charge in [-0.05, 0) is 22.5 Å². The third-order valence-corrected chi connectivity index (χ3v) is 3.91. The van der Waals surface area contributed by atoms with E-state index in [1.54, 1.807) is 0 Å². The molecule has 4 rings (SSSR count). The molecular formula is C23H18FIrNO2. The van der Waals surface area contributed by atoms with Crippen molar-refractivity contribution < 1.29 is 34.4 Å². The molecule has 28 heavy (non-hydrogen) atoms. The Labute approximate surface area is 175 Å². The van der Waals surface area contributed by atoms with Crippen molar-refractivity contribution in [3.8, 4) is 11.3 Å². The van der Waals surface area contributed by atoms with Crippen LogP contribution in [0.25, 0.3) is 32.9 Å². The van der Waals surface area contributed by atoms with E-state index in [0.29, 0.717) is 6.08 Å². The molecule has 2 N–H and O–H groups in total. The number of aromatic nitrogens is 1. The SMILES string of the molecule is CC(=[OH+])/C=C(\O)F.[Ir].[c-]1ccccc1-c1ccc2c(ccc3ccccc32)n1. The van der Waals surface area contributed by atoms with Gasteiger partial charge in [0.15, 0.2) is 0 Å². The average molecular weight is 552 g/mol. The third kappa shape index (κ3) is 5.32. The monoisotopic (exact) mass is 552 g/mol. The number of benzene rings is 3. The number of aliphatic hydroxyl groups is 1. The number of hydrogen-bond donors (Lipinski definition) is 1. The second kappa shape index (κ2) is 9.88. The van der Waals surface area contributed by atoms with Gasteiger partial charge < -0.3 is 5.11 Å². The number of fused-ring (bicyclic) bond motifs is 3. The van der Waals surface area contributed by atoms with Crippen molar-refractivity contribution >= 4 is 27.5 Å². The summed E-state index contributed by atoms with van der Waals surface area (Å²) in [5.41, 5.74) is 3.02. The summed E-state index contributed by atoms with van der Waals surface area (Å²) >= 11 is 0. The van der Waals surface area contributed by atoms with E-state index >= 15 is 0 Å². The maximum atomic E-state index is 11.2. The maximum Gasteiger partial charge on any atom is 0.319 e. The molecule has 1 radical (unpaired) electrons. The fraction of sp³-hybridized carbons (Fsp3) is 0.0435. The van der Waals surface area contributed by atoms with E-state index < -0.39 is 6.01 Å². The first-order valence-corrected chi connectivity index (χ1v) is 8.39. The molecule has 3 nitrogen and oxygen atoms in total. The van der Waals surface area contributed by atoms with E-state index in [9.17, 15) is 4.39 Å². The number of allylic oxidation sites excluding steroid dienone is 1. The summed E-state index contributed by atoms with van der Waals surface area (Å²) in [4.78, 5) is 12.9. The Morgan fingerprint density at radius 1 is 1.00 bits per heavy atom. The van der Waals surface area contributed by atoms with Crippen LogP contribution in [0.15, 0.2) is 84.9 Å². The fourth-order valence-electron chi connectivity index (χ4n) is 2.76. The van der Waals surface area contributed by atoms with Gasteiger partial charge >= 0.3 is 5.78 Å². The van der Waals surface area contributed by atoms with Crippen LogP contribution in [-0.2, 0) is 20.1 Å². The number of hydrogen-bond acceptors (Lipinski definition) is 2. The molecule has 0 spiro atoms. The third-order valence-electron chi connectivity index (χ3n) is 3.91. The number of aliphatic hydroxyl groups excluding tert-OH is 1. The molecule has 0 aliphatic heterocycles. The van der Waals surface area contributed by atoms with Crippen molar-refractivity contribution in [3.05, 3.63) is 91.0 Å². The molecule has 5 heteroatoms. The molecule has 0 aliphatic rings. The van der Waals surface area contributed by atoms with E-state index in [0.717, 1.165) is 16.8 Å². The first-order valence-electron chi connectivity index (χ1n) is 8.39. The van der Waals surface area contributed by atoms with Crippen LogP contribution in [-0.4, -0.2) is 20.7 Å². The van der Waals surface area contributed by atoms with Crippen LogP contribution in [0.5, 0.6) is 0 Å². The van der Waals surface area contributed by atoms with Crippen molar-refractivity contribution in [2.75, 3.05) is 0 Å². The summed E-state index contributed by atoms with van der Waals surface area (Å²) in [5.74, 6) is -0.250. The first kappa shape index (κ1) is 21.4. The van der Waals surface area contributed by atoms with Crippen molar-refractivity contribution in [1.82, 2.24) is 4.98 Å². The van der Waals surface area contributed by atoms with Crippen LogP contribution < -0.4 is 0 Å². The van der Waals surface area contributed by atoms with Crippen LogP contribution in [0.3, 0.4) is 0 Å². The predicted octanol–water partition coefficient (Wildman–Crippen LogP) is 5.77. The van der Waals surface area contributed by atoms with Crippen LogP contribution in [0.4, 0.5) is 4.39 Å². The average Bonchev–Trinajstić information content (AvgIpc) is 2.67.